The van der Waals surface area contributed by atoms with Crippen LogP contribution in [0.15, 0.2) is 12.1 Å². The minimum absolute atomic E-state index is 0.0734. The van der Waals surface area contributed by atoms with Crippen LogP contribution >= 0.6 is 22.7 Å². The van der Waals surface area contributed by atoms with E-state index in [4.69, 9.17) is 0 Å². The van der Waals surface area contributed by atoms with E-state index in [2.05, 4.69) is 13.8 Å². The molecule has 0 amide bonds. The lowest BCUT2D eigenvalue weighted by molar-refractivity contribution is 0.0986. The fourth-order valence-electron chi connectivity index (χ4n) is 4.21. The summed E-state index contributed by atoms with van der Waals surface area (Å²) in [5.74, 6) is 0.147. The summed E-state index contributed by atoms with van der Waals surface area (Å²) in [5.41, 5.74) is 1.32. The first-order valence-electron chi connectivity index (χ1n) is 12.0. The Morgan fingerprint density at radius 1 is 0.567 bits per heavy atom. The highest BCUT2D eigenvalue weighted by Gasteiger charge is 2.34. The van der Waals surface area contributed by atoms with E-state index in [1.807, 2.05) is 12.1 Å². The quantitative estimate of drug-likeness (QED) is 0.234. The van der Waals surface area contributed by atoms with Crippen LogP contribution in [0.4, 0.5) is 0 Å². The highest BCUT2D eigenvalue weighted by Crippen LogP contribution is 2.38. The van der Waals surface area contributed by atoms with Gasteiger partial charge in [-0.2, -0.15) is 0 Å². The van der Waals surface area contributed by atoms with Crippen LogP contribution in [0.2, 0.25) is 0 Å². The Labute approximate surface area is 190 Å². The van der Waals surface area contributed by atoms with Gasteiger partial charge in [0.25, 0.3) is 0 Å². The van der Waals surface area contributed by atoms with Gasteiger partial charge in [0.2, 0.25) is 11.6 Å². The van der Waals surface area contributed by atoms with E-state index in [0.717, 1.165) is 25.7 Å². The molecule has 3 rings (SSSR count). The smallest absolute Gasteiger partial charge is 0.205 e. The number of carbonyl (C=O) groups excluding carboxylic acids is 2. The average Bonchev–Trinajstić information content (AvgIpc) is 3.37. The van der Waals surface area contributed by atoms with Gasteiger partial charge in [-0.15, -0.1) is 22.7 Å². The lowest BCUT2D eigenvalue weighted by Gasteiger charge is -2.08. The van der Waals surface area contributed by atoms with Gasteiger partial charge in [-0.3, -0.25) is 9.59 Å². The molecule has 2 heterocycles. The summed E-state index contributed by atoms with van der Waals surface area (Å²) in [6.45, 7) is 4.47. The van der Waals surface area contributed by atoms with Gasteiger partial charge in [-0.25, -0.2) is 0 Å². The molecule has 2 nitrogen and oxygen atoms in total. The van der Waals surface area contributed by atoms with Gasteiger partial charge in [0.1, 0.15) is 0 Å². The Hall–Kier alpha value is -1.26. The first-order valence-corrected chi connectivity index (χ1v) is 13.6. The third-order valence-electron chi connectivity index (χ3n) is 6.02. The molecule has 2 aromatic heterocycles. The summed E-state index contributed by atoms with van der Waals surface area (Å²) in [5, 5.41) is 0. The molecule has 0 saturated carbocycles. The predicted octanol–water partition coefficient (Wildman–Crippen LogP) is 8.39. The molecule has 0 N–H and O–H groups in total. The Bertz CT molecular complexity index is 726. The Kier molecular flexibility index (Phi) is 9.32. The van der Waals surface area contributed by atoms with Crippen LogP contribution in [-0.4, -0.2) is 11.6 Å². The maximum absolute atomic E-state index is 13.0. The number of unbranched alkanes of at least 4 members (excludes halogenated alkanes) is 10. The highest BCUT2D eigenvalue weighted by molar-refractivity contribution is 7.17. The van der Waals surface area contributed by atoms with Crippen molar-refractivity contribution in [2.45, 2.75) is 104 Å². The van der Waals surface area contributed by atoms with Crippen LogP contribution in [0.25, 0.3) is 0 Å². The van der Waals surface area contributed by atoms with Crippen molar-refractivity contribution in [3.8, 4) is 0 Å². The molecule has 0 aliphatic heterocycles. The van der Waals surface area contributed by atoms with Crippen molar-refractivity contribution < 1.29 is 9.59 Å². The molecular formula is C26H36O2S2. The van der Waals surface area contributed by atoms with Gasteiger partial charge in [-0.05, 0) is 37.8 Å². The second kappa shape index (κ2) is 12.0. The first kappa shape index (κ1) is 23.4. The molecule has 2 aromatic rings. The van der Waals surface area contributed by atoms with Crippen molar-refractivity contribution >= 4 is 34.2 Å². The van der Waals surface area contributed by atoms with Crippen LogP contribution in [0.3, 0.4) is 0 Å². The summed E-state index contributed by atoms with van der Waals surface area (Å²) in [4.78, 5) is 29.8. The second-order valence-corrected chi connectivity index (χ2v) is 10.9. The summed E-state index contributed by atoms with van der Waals surface area (Å²) >= 11 is 3.10. The number of hydrogen-bond donors (Lipinski definition) is 0. The zero-order chi connectivity index (χ0) is 21.3. The van der Waals surface area contributed by atoms with Gasteiger partial charge < -0.3 is 0 Å². The number of rotatable bonds is 14. The van der Waals surface area contributed by atoms with Crippen molar-refractivity contribution in [2.24, 2.45) is 0 Å². The fraction of sp³-hybridized carbons (Fsp3) is 0.615. The van der Waals surface area contributed by atoms with Crippen molar-refractivity contribution in [1.29, 1.82) is 0 Å². The largest absolute Gasteiger partial charge is 0.288 e. The molecule has 0 saturated heterocycles. The Balaban J connectivity index is 1.56. The maximum atomic E-state index is 13.0. The number of thiophene rings is 2. The predicted molar refractivity (Wildman–Crippen MR) is 130 cm³/mol. The van der Waals surface area contributed by atoms with Gasteiger partial charge in [0.05, 0.1) is 9.75 Å². The minimum atomic E-state index is 0.0734. The first-order chi connectivity index (χ1) is 14.7. The molecule has 0 aromatic carbocycles. The molecule has 0 radical (unpaired) electrons. The van der Waals surface area contributed by atoms with Crippen molar-refractivity contribution in [2.75, 3.05) is 0 Å². The molecule has 0 bridgehead atoms. The van der Waals surface area contributed by atoms with Crippen molar-refractivity contribution in [3.63, 3.8) is 0 Å². The molecule has 0 atom stereocenters. The van der Waals surface area contributed by atoms with Crippen LogP contribution < -0.4 is 0 Å². The average molecular weight is 445 g/mol. The summed E-state index contributed by atoms with van der Waals surface area (Å²) in [6, 6.07) is 4.00. The van der Waals surface area contributed by atoms with Gasteiger partial charge in [0, 0.05) is 20.9 Å². The monoisotopic (exact) mass is 444 g/mol. The fourth-order valence-corrected chi connectivity index (χ4v) is 6.51. The number of aryl methyl sites for hydroxylation is 2. The van der Waals surface area contributed by atoms with Crippen LogP contribution in [0.5, 0.6) is 0 Å². The van der Waals surface area contributed by atoms with Crippen LogP contribution in [0.1, 0.15) is 131 Å². The van der Waals surface area contributed by atoms with Gasteiger partial charge in [0.15, 0.2) is 0 Å². The zero-order valence-corrected chi connectivity index (χ0v) is 20.3. The summed E-state index contributed by atoms with van der Waals surface area (Å²) in [7, 11) is 0. The molecule has 0 spiro atoms. The molecule has 0 fully saturated rings. The van der Waals surface area contributed by atoms with Gasteiger partial charge in [-0.1, -0.05) is 78.1 Å². The van der Waals surface area contributed by atoms with Crippen LogP contribution in [0, 0.1) is 0 Å². The number of carbonyl (C=O) groups is 2. The van der Waals surface area contributed by atoms with Gasteiger partial charge >= 0.3 is 0 Å². The van der Waals surface area contributed by atoms with E-state index in [9.17, 15) is 9.59 Å². The third kappa shape index (κ3) is 5.91. The van der Waals surface area contributed by atoms with Crippen LogP contribution in [-0.2, 0) is 12.8 Å². The van der Waals surface area contributed by atoms with Crippen molar-refractivity contribution in [3.05, 3.63) is 42.8 Å². The van der Waals surface area contributed by atoms with E-state index in [1.54, 1.807) is 22.7 Å². The molecular weight excluding hydrogens is 408 g/mol. The molecule has 1 aliphatic carbocycles. The van der Waals surface area contributed by atoms with E-state index >= 15 is 0 Å². The third-order valence-corrected chi connectivity index (χ3v) is 8.41. The lowest BCUT2D eigenvalue weighted by atomic mass is 9.95. The topological polar surface area (TPSA) is 34.1 Å². The molecule has 1 aliphatic rings. The Morgan fingerprint density at radius 2 is 0.933 bits per heavy atom. The Morgan fingerprint density at radius 3 is 1.33 bits per heavy atom. The normalized spacial score (nSPS) is 13.0. The number of ketones is 2. The molecule has 30 heavy (non-hydrogen) atoms. The summed E-state index contributed by atoms with van der Waals surface area (Å²) < 4.78 is 0. The number of hydrogen-bond acceptors (Lipinski definition) is 4. The van der Waals surface area contributed by atoms with E-state index in [0.29, 0.717) is 20.9 Å². The molecule has 164 valence electrons. The lowest BCUT2D eigenvalue weighted by Crippen LogP contribution is -2.15. The molecule has 0 unspecified atom stereocenters. The highest BCUT2D eigenvalue weighted by atomic mass is 32.1. The number of fused-ring (bicyclic) bond motifs is 2. The van der Waals surface area contributed by atoms with E-state index in [1.165, 1.54) is 74.0 Å². The van der Waals surface area contributed by atoms with E-state index in [-0.39, 0.29) is 11.6 Å². The van der Waals surface area contributed by atoms with E-state index < -0.39 is 0 Å². The SMILES string of the molecule is CCCCCCCCc1cc2c(s1)C(=O)c1cc(CCCCCCCC)sc1C2=O. The second-order valence-electron chi connectivity index (χ2n) is 8.60. The standard InChI is InChI=1S/C26H36O2S2/c1-3-5-7-9-11-13-15-19-17-21-23(27)26-22(24(28)25(21)29-19)18-20(30-26)16-14-12-10-8-6-4-2/h17-18H,3-16H2,1-2H3. The zero-order valence-electron chi connectivity index (χ0n) is 18.7. The minimum Gasteiger partial charge on any atom is -0.288 e. The maximum Gasteiger partial charge on any atom is 0.205 e. The molecule has 4 heteroatoms. The van der Waals surface area contributed by atoms with Crippen molar-refractivity contribution in [1.82, 2.24) is 0 Å². The summed E-state index contributed by atoms with van der Waals surface area (Å²) in [6.07, 6.45) is 17.1.